The normalized spacial score (nSPS) is 13.3. The van der Waals surface area contributed by atoms with E-state index < -0.39 is 6.36 Å². The van der Waals surface area contributed by atoms with E-state index in [1.165, 1.54) is 24.3 Å². The first-order valence-corrected chi connectivity index (χ1v) is 10.9. The van der Waals surface area contributed by atoms with E-state index in [9.17, 15) is 18.0 Å². The number of hydrogen-bond donors (Lipinski definition) is 0. The minimum Gasteiger partial charge on any atom is -0.406 e. The lowest BCUT2D eigenvalue weighted by molar-refractivity contribution is -0.274. The number of pyridine rings is 1. The monoisotopic (exact) mass is 478 g/mol. The van der Waals surface area contributed by atoms with Gasteiger partial charge < -0.3 is 9.64 Å². The number of nitrogens with zero attached hydrogens (tertiary/aromatic N) is 4. The number of rotatable bonds is 6. The van der Waals surface area contributed by atoms with Crippen molar-refractivity contribution in [2.24, 2.45) is 0 Å². The van der Waals surface area contributed by atoms with Crippen LogP contribution in [0.25, 0.3) is 11.1 Å². The number of carbonyl (C=O) groups is 1. The Morgan fingerprint density at radius 2 is 1.69 bits per heavy atom. The topological polar surface area (TPSA) is 60.2 Å². The molecule has 0 N–H and O–H groups in total. The van der Waals surface area contributed by atoms with Crippen LogP contribution in [-0.4, -0.2) is 31.9 Å². The SMILES string of the molecule is Cc1cc(-c2cnn(Cc3ccncc3)c2)cc2c1C(=O)N(Cc1ccc(OC(F)(F)F)cc1)C2. The lowest BCUT2D eigenvalue weighted by atomic mass is 9.98. The highest BCUT2D eigenvalue weighted by atomic mass is 19.4. The second kappa shape index (κ2) is 8.90. The summed E-state index contributed by atoms with van der Waals surface area (Å²) in [5, 5.41) is 4.46. The van der Waals surface area contributed by atoms with Crippen LogP contribution in [0.3, 0.4) is 0 Å². The summed E-state index contributed by atoms with van der Waals surface area (Å²) in [6.45, 7) is 3.26. The van der Waals surface area contributed by atoms with Crippen molar-refractivity contribution in [2.75, 3.05) is 0 Å². The molecule has 1 aliphatic heterocycles. The minimum absolute atomic E-state index is 0.0898. The van der Waals surface area contributed by atoms with Gasteiger partial charge in [-0.3, -0.25) is 14.5 Å². The summed E-state index contributed by atoms with van der Waals surface area (Å²) in [6.07, 6.45) is 2.54. The molecule has 2 aromatic heterocycles. The third kappa shape index (κ3) is 5.03. The first-order chi connectivity index (χ1) is 16.7. The predicted molar refractivity (Wildman–Crippen MR) is 122 cm³/mol. The Bertz CT molecular complexity index is 1370. The first-order valence-electron chi connectivity index (χ1n) is 10.9. The molecule has 0 fully saturated rings. The lowest BCUT2D eigenvalue weighted by Gasteiger charge is -2.16. The van der Waals surface area contributed by atoms with Gasteiger partial charge in [0.2, 0.25) is 0 Å². The number of carbonyl (C=O) groups excluding carboxylic acids is 1. The molecular formula is C26H21F3N4O2. The van der Waals surface area contributed by atoms with Crippen LogP contribution in [0.5, 0.6) is 5.75 Å². The van der Waals surface area contributed by atoms with E-state index in [2.05, 4.69) is 14.8 Å². The van der Waals surface area contributed by atoms with Gasteiger partial charge in [0.1, 0.15) is 5.75 Å². The van der Waals surface area contributed by atoms with Crippen molar-refractivity contribution in [1.82, 2.24) is 19.7 Å². The van der Waals surface area contributed by atoms with Gasteiger partial charge in [-0.05, 0) is 65.1 Å². The molecule has 9 heteroatoms. The van der Waals surface area contributed by atoms with Gasteiger partial charge in [0, 0.05) is 42.8 Å². The maximum absolute atomic E-state index is 13.1. The van der Waals surface area contributed by atoms with Crippen LogP contribution in [0.4, 0.5) is 13.2 Å². The van der Waals surface area contributed by atoms with Crippen molar-refractivity contribution in [3.63, 3.8) is 0 Å². The van der Waals surface area contributed by atoms with Gasteiger partial charge in [-0.2, -0.15) is 5.10 Å². The molecule has 2 aromatic carbocycles. The van der Waals surface area contributed by atoms with Crippen LogP contribution in [0.15, 0.2) is 73.3 Å². The van der Waals surface area contributed by atoms with Crippen LogP contribution < -0.4 is 4.74 Å². The van der Waals surface area contributed by atoms with Crippen molar-refractivity contribution in [3.05, 3.63) is 101 Å². The van der Waals surface area contributed by atoms with Gasteiger partial charge in [0.15, 0.2) is 0 Å². The second-order valence-corrected chi connectivity index (χ2v) is 8.46. The number of ether oxygens (including phenoxy) is 1. The molecule has 178 valence electrons. The molecule has 1 aliphatic rings. The highest BCUT2D eigenvalue weighted by Gasteiger charge is 2.32. The van der Waals surface area contributed by atoms with Gasteiger partial charge >= 0.3 is 6.36 Å². The van der Waals surface area contributed by atoms with Crippen molar-refractivity contribution in [3.8, 4) is 16.9 Å². The molecule has 6 nitrogen and oxygen atoms in total. The molecule has 0 atom stereocenters. The molecule has 0 saturated heterocycles. The summed E-state index contributed by atoms with van der Waals surface area (Å²) in [5.41, 5.74) is 6.22. The van der Waals surface area contributed by atoms with Crippen LogP contribution in [0, 0.1) is 6.92 Å². The number of amides is 1. The molecule has 5 rings (SSSR count). The third-order valence-electron chi connectivity index (χ3n) is 5.87. The number of benzene rings is 2. The maximum atomic E-state index is 13.1. The molecule has 0 aliphatic carbocycles. The predicted octanol–water partition coefficient (Wildman–Crippen LogP) is 5.36. The van der Waals surface area contributed by atoms with Crippen molar-refractivity contribution in [2.45, 2.75) is 32.9 Å². The molecular weight excluding hydrogens is 457 g/mol. The third-order valence-corrected chi connectivity index (χ3v) is 5.87. The molecule has 3 heterocycles. The molecule has 0 bridgehead atoms. The quantitative estimate of drug-likeness (QED) is 0.375. The number of halogens is 3. The number of hydrogen-bond acceptors (Lipinski definition) is 4. The summed E-state index contributed by atoms with van der Waals surface area (Å²) < 4.78 is 42.9. The zero-order chi connectivity index (χ0) is 24.6. The van der Waals surface area contributed by atoms with Gasteiger partial charge in [0.05, 0.1) is 12.7 Å². The smallest absolute Gasteiger partial charge is 0.406 e. The zero-order valence-electron chi connectivity index (χ0n) is 18.8. The molecule has 1 amide bonds. The highest BCUT2D eigenvalue weighted by Crippen LogP contribution is 2.32. The van der Waals surface area contributed by atoms with Gasteiger partial charge in [-0.15, -0.1) is 13.2 Å². The van der Waals surface area contributed by atoms with Gasteiger partial charge in [0.25, 0.3) is 5.91 Å². The number of fused-ring (bicyclic) bond motifs is 1. The molecule has 35 heavy (non-hydrogen) atoms. The maximum Gasteiger partial charge on any atom is 0.573 e. The average molecular weight is 478 g/mol. The van der Waals surface area contributed by atoms with E-state index in [-0.39, 0.29) is 11.7 Å². The summed E-state index contributed by atoms with van der Waals surface area (Å²) >= 11 is 0. The molecule has 0 spiro atoms. The summed E-state index contributed by atoms with van der Waals surface area (Å²) in [7, 11) is 0. The number of alkyl halides is 3. The lowest BCUT2D eigenvalue weighted by Crippen LogP contribution is -2.23. The Labute approximate surface area is 199 Å². The van der Waals surface area contributed by atoms with Gasteiger partial charge in [-0.1, -0.05) is 18.2 Å². The van der Waals surface area contributed by atoms with Crippen LogP contribution in [0.1, 0.15) is 32.6 Å². The van der Waals surface area contributed by atoms with Crippen LogP contribution >= 0.6 is 0 Å². The minimum atomic E-state index is -4.74. The Kier molecular flexibility index (Phi) is 5.76. The second-order valence-electron chi connectivity index (χ2n) is 8.46. The Balaban J connectivity index is 1.31. The van der Waals surface area contributed by atoms with E-state index in [0.717, 1.165) is 33.4 Å². The fourth-order valence-corrected chi connectivity index (χ4v) is 4.31. The highest BCUT2D eigenvalue weighted by molar-refractivity contribution is 6.00. The fourth-order valence-electron chi connectivity index (χ4n) is 4.31. The molecule has 0 radical (unpaired) electrons. The molecule has 0 unspecified atom stereocenters. The Morgan fingerprint density at radius 1 is 0.971 bits per heavy atom. The molecule has 0 saturated carbocycles. The summed E-state index contributed by atoms with van der Waals surface area (Å²) in [5.74, 6) is -0.379. The summed E-state index contributed by atoms with van der Waals surface area (Å²) in [4.78, 5) is 18.8. The zero-order valence-corrected chi connectivity index (χ0v) is 18.8. The standard InChI is InChI=1S/C26H21F3N4O2/c1-17-10-20(22-12-31-33(16-22)14-19-6-8-30-9-7-19)11-21-15-32(25(34)24(17)21)13-18-2-4-23(5-3-18)35-26(27,28)29/h2-12,16H,13-15H2,1H3. The Hall–Kier alpha value is -4.14. The average Bonchev–Trinajstić information content (AvgIpc) is 3.39. The van der Waals surface area contributed by atoms with Crippen LogP contribution in [-0.2, 0) is 19.6 Å². The number of aromatic nitrogens is 3. The first kappa shape index (κ1) is 22.6. The van der Waals surface area contributed by atoms with Gasteiger partial charge in [-0.25, -0.2) is 0 Å². The fraction of sp³-hybridized carbons (Fsp3) is 0.192. The van der Waals surface area contributed by atoms with E-state index in [4.69, 9.17) is 0 Å². The Morgan fingerprint density at radius 3 is 2.40 bits per heavy atom. The van der Waals surface area contributed by atoms with E-state index in [1.54, 1.807) is 17.3 Å². The van der Waals surface area contributed by atoms with E-state index >= 15 is 0 Å². The van der Waals surface area contributed by atoms with E-state index in [0.29, 0.717) is 25.2 Å². The molecule has 4 aromatic rings. The van der Waals surface area contributed by atoms with Crippen molar-refractivity contribution < 1.29 is 22.7 Å². The van der Waals surface area contributed by atoms with Crippen molar-refractivity contribution in [1.29, 1.82) is 0 Å². The van der Waals surface area contributed by atoms with Crippen molar-refractivity contribution >= 4 is 5.91 Å². The number of aryl methyl sites for hydroxylation is 1. The van der Waals surface area contributed by atoms with E-state index in [1.807, 2.05) is 48.3 Å². The summed E-state index contributed by atoms with van der Waals surface area (Å²) in [6, 6.07) is 13.5. The van der Waals surface area contributed by atoms with Crippen LogP contribution in [0.2, 0.25) is 0 Å². The largest absolute Gasteiger partial charge is 0.573 e.